The molecule has 2 aromatic rings. The van der Waals surface area contributed by atoms with Gasteiger partial charge in [-0.05, 0) is 42.2 Å². The van der Waals surface area contributed by atoms with Gasteiger partial charge in [-0.2, -0.15) is 0 Å². The second-order valence-corrected chi connectivity index (χ2v) is 10.3. The lowest BCUT2D eigenvalue weighted by molar-refractivity contribution is -0.384. The van der Waals surface area contributed by atoms with Gasteiger partial charge in [-0.15, -0.1) is 5.06 Å². The number of allylic oxidation sites excluding steroid dienone is 1. The maximum Gasteiger partial charge on any atom is 0.407 e. The van der Waals surface area contributed by atoms with Gasteiger partial charge in [0.15, 0.2) is 0 Å². The van der Waals surface area contributed by atoms with Crippen LogP contribution in [0.4, 0.5) is 10.5 Å². The second-order valence-electron chi connectivity index (χ2n) is 10.3. The van der Waals surface area contributed by atoms with Gasteiger partial charge in [0, 0.05) is 31.0 Å². The molecule has 0 spiro atoms. The van der Waals surface area contributed by atoms with E-state index in [2.05, 4.69) is 11.9 Å². The summed E-state index contributed by atoms with van der Waals surface area (Å²) in [5.74, 6) is -3.14. The maximum atomic E-state index is 13.2. The van der Waals surface area contributed by atoms with Crippen molar-refractivity contribution in [2.75, 3.05) is 6.54 Å². The Kier molecular flexibility index (Phi) is 7.77. The maximum absolute atomic E-state index is 13.2. The molecule has 2 fully saturated rings. The van der Waals surface area contributed by atoms with E-state index < -0.39 is 46.4 Å². The molecule has 2 aromatic carbocycles. The molecule has 1 saturated carbocycles. The Bertz CT molecular complexity index is 1460. The molecular formula is C29H28N4O9. The lowest BCUT2D eigenvalue weighted by atomic mass is 9.77. The van der Waals surface area contributed by atoms with Crippen LogP contribution in [0.1, 0.15) is 28.8 Å². The highest BCUT2D eigenvalue weighted by Gasteiger charge is 2.66. The summed E-state index contributed by atoms with van der Waals surface area (Å²) in [6.45, 7) is 3.62. The first-order valence-electron chi connectivity index (χ1n) is 13.2. The summed E-state index contributed by atoms with van der Waals surface area (Å²) in [5.41, 5.74) is 6.31. The van der Waals surface area contributed by atoms with Gasteiger partial charge in [0.1, 0.15) is 6.61 Å². The van der Waals surface area contributed by atoms with Crippen LogP contribution >= 0.6 is 0 Å². The highest BCUT2D eigenvalue weighted by atomic mass is 16.7. The Hall–Kier alpha value is -5.04. The van der Waals surface area contributed by atoms with Crippen LogP contribution in [0.5, 0.6) is 0 Å². The number of nitrogens with one attached hydrogen (secondary N) is 1. The van der Waals surface area contributed by atoms with Gasteiger partial charge in [0.2, 0.25) is 6.10 Å². The first-order valence-corrected chi connectivity index (χ1v) is 13.2. The van der Waals surface area contributed by atoms with E-state index in [1.807, 2.05) is 12.2 Å². The zero-order chi connectivity index (χ0) is 30.0. The van der Waals surface area contributed by atoms with Crippen LogP contribution in [-0.4, -0.2) is 52.1 Å². The quantitative estimate of drug-likeness (QED) is 0.185. The van der Waals surface area contributed by atoms with Gasteiger partial charge < -0.3 is 25.4 Å². The number of alkyl carbamates (subject to hydrolysis) is 1. The summed E-state index contributed by atoms with van der Waals surface area (Å²) in [7, 11) is 0. The molecule has 13 nitrogen and oxygen atoms in total. The molecule has 2 amide bonds. The number of fused-ring (bicyclic) bond motifs is 5. The number of nitro groups is 1. The standard InChI is InChI=1S/C29H28N4O9/c1-17-29(30)21-10-9-20(15-21)24(29)25(34)32(17)42-27(36)23(41-26(35)19-5-3-2-4-6-19)13-14-31-28(37)40-16-18-7-11-22(12-8-18)33(38)39/h2-12,20-21,23-24H,1,13-16,30H2,(H,31,37)/t20-,21-,23+,24?,29+/m0/s1. The molecule has 218 valence electrons. The molecule has 5 rings (SSSR count). The Morgan fingerprint density at radius 2 is 1.86 bits per heavy atom. The monoisotopic (exact) mass is 576 g/mol. The molecule has 1 aliphatic heterocycles. The third kappa shape index (κ3) is 5.33. The number of rotatable bonds is 10. The van der Waals surface area contributed by atoms with E-state index in [1.54, 1.807) is 18.2 Å². The summed E-state index contributed by atoms with van der Waals surface area (Å²) in [6.07, 6.45) is 2.06. The van der Waals surface area contributed by atoms with E-state index in [0.717, 1.165) is 11.5 Å². The fourth-order valence-electron chi connectivity index (χ4n) is 5.59. The minimum absolute atomic E-state index is 0.0825. The topological polar surface area (TPSA) is 180 Å². The lowest BCUT2D eigenvalue weighted by Crippen LogP contribution is -2.49. The number of hydrogen-bond donors (Lipinski definition) is 2. The average Bonchev–Trinajstić information content (AvgIpc) is 3.63. The van der Waals surface area contributed by atoms with Crippen molar-refractivity contribution in [2.45, 2.75) is 31.1 Å². The predicted molar refractivity (Wildman–Crippen MR) is 145 cm³/mol. The molecule has 1 saturated heterocycles. The fourth-order valence-corrected chi connectivity index (χ4v) is 5.59. The first kappa shape index (κ1) is 28.5. The number of nitrogens with zero attached hydrogens (tertiary/aromatic N) is 2. The van der Waals surface area contributed by atoms with Gasteiger partial charge in [0.25, 0.3) is 11.6 Å². The SMILES string of the molecule is C=C1N(OC(=O)[C@@H](CCNC(=O)OCc2ccc([N+](=O)[O-])cc2)OC(=O)c2ccccc2)C(=O)C2[C@H]3C=C[C@@H](C3)[C@]12N. The number of hydrogen-bond acceptors (Lipinski definition) is 10. The summed E-state index contributed by atoms with van der Waals surface area (Å²) < 4.78 is 10.5. The van der Waals surface area contributed by atoms with Gasteiger partial charge >= 0.3 is 18.0 Å². The minimum Gasteiger partial charge on any atom is -0.447 e. The molecule has 2 aliphatic carbocycles. The number of carbonyl (C=O) groups is 4. The van der Waals surface area contributed by atoms with Crippen LogP contribution in [0.25, 0.3) is 0 Å². The molecule has 42 heavy (non-hydrogen) atoms. The molecule has 3 N–H and O–H groups in total. The molecule has 0 radical (unpaired) electrons. The number of benzene rings is 2. The Morgan fingerprint density at radius 1 is 1.14 bits per heavy atom. The first-order chi connectivity index (χ1) is 20.1. The summed E-state index contributed by atoms with van der Waals surface area (Å²) in [6, 6.07) is 13.5. The molecule has 1 unspecified atom stereocenters. The molecule has 0 aromatic heterocycles. The number of ether oxygens (including phenoxy) is 2. The van der Waals surface area contributed by atoms with Crippen molar-refractivity contribution in [3.8, 4) is 0 Å². The Labute approximate surface area is 240 Å². The van der Waals surface area contributed by atoms with Crippen LogP contribution in [0.15, 0.2) is 79.0 Å². The Morgan fingerprint density at radius 3 is 2.52 bits per heavy atom. The molecule has 2 bridgehead atoms. The average molecular weight is 577 g/mol. The van der Waals surface area contributed by atoms with Crippen molar-refractivity contribution in [3.63, 3.8) is 0 Å². The van der Waals surface area contributed by atoms with Crippen LogP contribution in [0.2, 0.25) is 0 Å². The van der Waals surface area contributed by atoms with Crippen LogP contribution in [0, 0.1) is 27.9 Å². The molecular weight excluding hydrogens is 548 g/mol. The zero-order valence-electron chi connectivity index (χ0n) is 22.3. The van der Waals surface area contributed by atoms with Crippen molar-refractivity contribution in [1.82, 2.24) is 10.4 Å². The smallest absolute Gasteiger partial charge is 0.407 e. The third-order valence-electron chi connectivity index (χ3n) is 7.78. The molecule has 3 aliphatic rings. The number of carbonyl (C=O) groups excluding carboxylic acids is 4. The van der Waals surface area contributed by atoms with Crippen LogP contribution in [0.3, 0.4) is 0 Å². The number of nitro benzene ring substituents is 1. The van der Waals surface area contributed by atoms with Gasteiger partial charge in [-0.3, -0.25) is 14.9 Å². The van der Waals surface area contributed by atoms with E-state index in [-0.39, 0.29) is 48.4 Å². The largest absolute Gasteiger partial charge is 0.447 e. The van der Waals surface area contributed by atoms with Crippen molar-refractivity contribution in [1.29, 1.82) is 0 Å². The van der Waals surface area contributed by atoms with Crippen LogP contribution < -0.4 is 11.1 Å². The molecule has 5 atom stereocenters. The number of esters is 1. The highest BCUT2D eigenvalue weighted by molar-refractivity contribution is 5.92. The summed E-state index contributed by atoms with van der Waals surface area (Å²) in [4.78, 5) is 67.0. The molecule has 13 heteroatoms. The number of hydroxylamine groups is 2. The molecule has 1 heterocycles. The highest BCUT2D eigenvalue weighted by Crippen LogP contribution is 2.57. The minimum atomic E-state index is -1.50. The van der Waals surface area contributed by atoms with E-state index >= 15 is 0 Å². The second kappa shape index (κ2) is 11.4. The predicted octanol–water partition coefficient (Wildman–Crippen LogP) is 2.77. The van der Waals surface area contributed by atoms with Gasteiger partial charge in [0.05, 0.1) is 27.6 Å². The van der Waals surface area contributed by atoms with E-state index in [4.69, 9.17) is 20.0 Å². The number of non-ortho nitro benzene ring substituents is 1. The van der Waals surface area contributed by atoms with Crippen molar-refractivity contribution < 1.29 is 38.4 Å². The van der Waals surface area contributed by atoms with Crippen molar-refractivity contribution in [3.05, 3.63) is 100 Å². The summed E-state index contributed by atoms with van der Waals surface area (Å²) >= 11 is 0. The fraction of sp³-hybridized carbons (Fsp3) is 0.310. The number of amides is 2. The van der Waals surface area contributed by atoms with E-state index in [9.17, 15) is 29.3 Å². The van der Waals surface area contributed by atoms with Gasteiger partial charge in [-0.25, -0.2) is 14.4 Å². The zero-order valence-corrected chi connectivity index (χ0v) is 22.3. The normalized spacial score (nSPS) is 24.2. The van der Waals surface area contributed by atoms with Crippen LogP contribution in [-0.2, 0) is 30.5 Å². The van der Waals surface area contributed by atoms with E-state index in [0.29, 0.717) is 5.56 Å². The van der Waals surface area contributed by atoms with E-state index in [1.165, 1.54) is 36.4 Å². The van der Waals surface area contributed by atoms with Crippen molar-refractivity contribution in [2.24, 2.45) is 23.5 Å². The Balaban J connectivity index is 1.20. The lowest BCUT2D eigenvalue weighted by Gasteiger charge is -2.31. The number of nitrogens with two attached hydrogens (primary N) is 1. The van der Waals surface area contributed by atoms with Crippen molar-refractivity contribution >= 4 is 29.6 Å². The third-order valence-corrected chi connectivity index (χ3v) is 7.78. The summed E-state index contributed by atoms with van der Waals surface area (Å²) in [5, 5.41) is 14.0. The van der Waals surface area contributed by atoms with Gasteiger partial charge in [-0.1, -0.05) is 36.9 Å².